The number of nitrogens with two attached hydrogens (primary N) is 1. The highest BCUT2D eigenvalue weighted by Crippen LogP contribution is 2.32. The van der Waals surface area contributed by atoms with E-state index in [2.05, 4.69) is 4.98 Å². The summed E-state index contributed by atoms with van der Waals surface area (Å²) < 4.78 is 7.66. The molecule has 2 heterocycles. The van der Waals surface area contributed by atoms with Gasteiger partial charge in [-0.15, -0.1) is 0 Å². The van der Waals surface area contributed by atoms with Gasteiger partial charge in [0.25, 0.3) is 0 Å². The fourth-order valence-corrected chi connectivity index (χ4v) is 2.40. The van der Waals surface area contributed by atoms with Gasteiger partial charge in [-0.3, -0.25) is 4.40 Å². The smallest absolute Gasteiger partial charge is 0.242 e. The van der Waals surface area contributed by atoms with E-state index in [0.29, 0.717) is 28.2 Å². The third-order valence-corrected chi connectivity index (χ3v) is 3.42. The Morgan fingerprint density at radius 3 is 2.80 bits per heavy atom. The first-order valence-electron chi connectivity index (χ1n) is 5.98. The summed E-state index contributed by atoms with van der Waals surface area (Å²) in [5, 5.41) is 0.980. The summed E-state index contributed by atoms with van der Waals surface area (Å²) in [4.78, 5) is 4.41. The topological polar surface area (TPSA) is 52.5 Å². The van der Waals surface area contributed by atoms with Crippen molar-refractivity contribution in [1.82, 2.24) is 9.38 Å². The molecule has 102 valence electrons. The molecule has 0 aliphatic carbocycles. The number of hydrogen-bond acceptors (Lipinski definition) is 3. The van der Waals surface area contributed by atoms with Crippen LogP contribution in [0.4, 0.5) is 0 Å². The second-order valence-electron chi connectivity index (χ2n) is 4.17. The monoisotopic (exact) mass is 307 g/mol. The van der Waals surface area contributed by atoms with Crippen LogP contribution in [-0.2, 0) is 6.54 Å². The van der Waals surface area contributed by atoms with Gasteiger partial charge in [-0.05, 0) is 30.3 Å². The Hall–Kier alpha value is -1.75. The van der Waals surface area contributed by atoms with Crippen molar-refractivity contribution in [2.75, 3.05) is 0 Å². The average molecular weight is 308 g/mol. The Bertz CT molecular complexity index is 770. The standard InChI is InChI=1S/C14H11Cl2N3O/c15-9-4-5-12(10(16)7-9)20-14-11(8-17)19-6-2-1-3-13(19)18-14/h1-7H,8,17H2. The van der Waals surface area contributed by atoms with Crippen molar-refractivity contribution < 1.29 is 4.74 Å². The van der Waals surface area contributed by atoms with Crippen LogP contribution in [-0.4, -0.2) is 9.38 Å². The quantitative estimate of drug-likeness (QED) is 0.798. The molecular formula is C14H11Cl2N3O. The van der Waals surface area contributed by atoms with Gasteiger partial charge in [0.05, 0.1) is 5.02 Å². The van der Waals surface area contributed by atoms with Crippen LogP contribution < -0.4 is 10.5 Å². The molecule has 0 atom stereocenters. The maximum absolute atomic E-state index is 6.10. The number of benzene rings is 1. The highest BCUT2D eigenvalue weighted by Gasteiger charge is 2.14. The molecule has 0 radical (unpaired) electrons. The summed E-state index contributed by atoms with van der Waals surface area (Å²) in [5.41, 5.74) is 7.34. The minimum absolute atomic E-state index is 0.311. The number of nitrogens with zero attached hydrogens (tertiary/aromatic N) is 2. The molecule has 0 saturated heterocycles. The molecule has 20 heavy (non-hydrogen) atoms. The first-order chi connectivity index (χ1) is 9.69. The summed E-state index contributed by atoms with van der Waals surface area (Å²) in [6.07, 6.45) is 1.89. The zero-order valence-electron chi connectivity index (χ0n) is 10.4. The SMILES string of the molecule is NCc1c(Oc2ccc(Cl)cc2Cl)nc2ccccn12. The Morgan fingerprint density at radius 1 is 1.20 bits per heavy atom. The molecule has 0 aliphatic heterocycles. The van der Waals surface area contributed by atoms with E-state index in [4.69, 9.17) is 33.7 Å². The summed E-state index contributed by atoms with van der Waals surface area (Å²) in [5.74, 6) is 0.942. The number of fused-ring (bicyclic) bond motifs is 1. The van der Waals surface area contributed by atoms with Gasteiger partial charge >= 0.3 is 0 Å². The van der Waals surface area contributed by atoms with Crippen molar-refractivity contribution >= 4 is 28.8 Å². The van der Waals surface area contributed by atoms with Crippen molar-refractivity contribution in [3.8, 4) is 11.6 Å². The van der Waals surface area contributed by atoms with Crippen LogP contribution in [0, 0.1) is 0 Å². The maximum Gasteiger partial charge on any atom is 0.242 e. The van der Waals surface area contributed by atoms with E-state index >= 15 is 0 Å². The van der Waals surface area contributed by atoms with E-state index in [1.54, 1.807) is 18.2 Å². The van der Waals surface area contributed by atoms with Crippen molar-refractivity contribution in [3.63, 3.8) is 0 Å². The predicted octanol–water partition coefficient (Wildman–Crippen LogP) is 3.89. The van der Waals surface area contributed by atoms with E-state index in [9.17, 15) is 0 Å². The van der Waals surface area contributed by atoms with Crippen LogP contribution in [0.5, 0.6) is 11.6 Å². The van der Waals surface area contributed by atoms with E-state index in [-0.39, 0.29) is 0 Å². The minimum Gasteiger partial charge on any atom is -0.436 e. The summed E-state index contributed by atoms with van der Waals surface area (Å²) in [6.45, 7) is 0.311. The fourth-order valence-electron chi connectivity index (χ4n) is 1.95. The van der Waals surface area contributed by atoms with Crippen molar-refractivity contribution in [3.05, 3.63) is 58.3 Å². The molecule has 0 unspecified atom stereocenters. The van der Waals surface area contributed by atoms with Crippen LogP contribution in [0.15, 0.2) is 42.6 Å². The number of aromatic nitrogens is 2. The second kappa shape index (κ2) is 5.32. The number of hydrogen-bond donors (Lipinski definition) is 1. The van der Waals surface area contributed by atoms with Crippen LogP contribution in [0.3, 0.4) is 0 Å². The third kappa shape index (κ3) is 2.33. The molecule has 3 rings (SSSR count). The van der Waals surface area contributed by atoms with Crippen LogP contribution >= 0.6 is 23.2 Å². The Morgan fingerprint density at radius 2 is 2.05 bits per heavy atom. The molecule has 0 spiro atoms. The molecule has 6 heteroatoms. The highest BCUT2D eigenvalue weighted by molar-refractivity contribution is 6.35. The summed E-state index contributed by atoms with van der Waals surface area (Å²) in [7, 11) is 0. The zero-order chi connectivity index (χ0) is 14.1. The Labute approximate surface area is 125 Å². The minimum atomic E-state index is 0.311. The van der Waals surface area contributed by atoms with Gasteiger partial charge in [0.1, 0.15) is 17.1 Å². The molecule has 0 fully saturated rings. The first kappa shape index (κ1) is 13.2. The van der Waals surface area contributed by atoms with Crippen molar-refractivity contribution in [2.45, 2.75) is 6.54 Å². The predicted molar refractivity (Wildman–Crippen MR) is 79.6 cm³/mol. The molecule has 4 nitrogen and oxygen atoms in total. The number of imidazole rings is 1. The fraction of sp³-hybridized carbons (Fsp3) is 0.0714. The lowest BCUT2D eigenvalue weighted by Crippen LogP contribution is -2.02. The maximum atomic E-state index is 6.10. The van der Waals surface area contributed by atoms with Gasteiger partial charge in [0.15, 0.2) is 0 Å². The average Bonchev–Trinajstić information content (AvgIpc) is 2.79. The first-order valence-corrected chi connectivity index (χ1v) is 6.73. The molecule has 2 aromatic heterocycles. The molecular weight excluding hydrogens is 297 g/mol. The van der Waals surface area contributed by atoms with Crippen LogP contribution in [0.2, 0.25) is 10.0 Å². The molecule has 0 bridgehead atoms. The second-order valence-corrected chi connectivity index (χ2v) is 5.02. The van der Waals surface area contributed by atoms with Gasteiger partial charge in [-0.2, -0.15) is 4.98 Å². The number of pyridine rings is 1. The lowest BCUT2D eigenvalue weighted by atomic mass is 10.3. The van der Waals surface area contributed by atoms with Gasteiger partial charge in [-0.1, -0.05) is 29.3 Å². The lowest BCUT2D eigenvalue weighted by molar-refractivity contribution is 0.459. The zero-order valence-corrected chi connectivity index (χ0v) is 11.9. The van der Waals surface area contributed by atoms with Gasteiger partial charge in [0, 0.05) is 17.8 Å². The summed E-state index contributed by atoms with van der Waals surface area (Å²) >= 11 is 12.0. The molecule has 3 aromatic rings. The van der Waals surface area contributed by atoms with Gasteiger partial charge < -0.3 is 10.5 Å². The Kier molecular flexibility index (Phi) is 3.53. The molecule has 0 saturated carbocycles. The van der Waals surface area contributed by atoms with Gasteiger partial charge in [-0.25, -0.2) is 0 Å². The largest absolute Gasteiger partial charge is 0.436 e. The van der Waals surface area contributed by atoms with Crippen LogP contribution in [0.1, 0.15) is 5.69 Å². The molecule has 2 N–H and O–H groups in total. The normalized spacial score (nSPS) is 10.9. The highest BCUT2D eigenvalue weighted by atomic mass is 35.5. The van der Waals surface area contributed by atoms with E-state index in [1.165, 1.54) is 0 Å². The number of ether oxygens (including phenoxy) is 1. The van der Waals surface area contributed by atoms with Gasteiger partial charge in [0.2, 0.25) is 5.88 Å². The van der Waals surface area contributed by atoms with Crippen LogP contribution in [0.25, 0.3) is 5.65 Å². The molecule has 0 amide bonds. The molecule has 0 aliphatic rings. The lowest BCUT2D eigenvalue weighted by Gasteiger charge is -2.06. The molecule has 1 aromatic carbocycles. The Balaban J connectivity index is 2.06. The van der Waals surface area contributed by atoms with Crippen molar-refractivity contribution in [2.24, 2.45) is 5.73 Å². The van der Waals surface area contributed by atoms with Crippen molar-refractivity contribution in [1.29, 1.82) is 0 Å². The summed E-state index contributed by atoms with van der Waals surface area (Å²) in [6, 6.07) is 10.7. The number of halogens is 2. The van der Waals surface area contributed by atoms with E-state index in [1.807, 2.05) is 28.8 Å². The van der Waals surface area contributed by atoms with E-state index in [0.717, 1.165) is 11.3 Å². The number of rotatable bonds is 3. The third-order valence-electron chi connectivity index (χ3n) is 2.89. The van der Waals surface area contributed by atoms with E-state index < -0.39 is 0 Å².